The highest BCUT2D eigenvalue weighted by atomic mass is 35.5. The number of anilines is 1. The van der Waals surface area contributed by atoms with E-state index >= 15 is 0 Å². The Labute approximate surface area is 162 Å². The second-order valence-electron chi connectivity index (χ2n) is 6.48. The number of nitrogens with zero attached hydrogens (tertiary/aromatic N) is 1. The maximum absolute atomic E-state index is 13.4. The van der Waals surface area contributed by atoms with Crippen molar-refractivity contribution in [1.82, 2.24) is 0 Å². The summed E-state index contributed by atoms with van der Waals surface area (Å²) >= 11 is 5.98. The molecule has 0 radical (unpaired) electrons. The molecular weight excluding hydrogens is 362 g/mol. The Morgan fingerprint density at radius 1 is 1.04 bits per heavy atom. The second-order valence-corrected chi connectivity index (χ2v) is 6.91. The third-order valence-corrected chi connectivity index (χ3v) is 5.14. The van der Waals surface area contributed by atoms with Crippen molar-refractivity contribution in [3.05, 3.63) is 94.5 Å². The number of benzene rings is 3. The van der Waals surface area contributed by atoms with E-state index in [9.17, 15) is 9.90 Å². The van der Waals surface area contributed by atoms with Crippen LogP contribution in [-0.2, 0) is 16.9 Å². The largest absolute Gasteiger partial charge is 0.497 e. The fraction of sp³-hybridized carbons (Fsp3) is 0.136. The Kier molecular flexibility index (Phi) is 4.38. The van der Waals surface area contributed by atoms with Gasteiger partial charge >= 0.3 is 0 Å². The van der Waals surface area contributed by atoms with E-state index in [0.717, 1.165) is 5.56 Å². The number of fused-ring (bicyclic) bond motifs is 1. The molecule has 3 aromatic carbocycles. The van der Waals surface area contributed by atoms with E-state index in [4.69, 9.17) is 16.3 Å². The number of aliphatic hydroxyl groups is 1. The fourth-order valence-electron chi connectivity index (χ4n) is 3.48. The van der Waals surface area contributed by atoms with Crippen LogP contribution in [0.4, 0.5) is 5.69 Å². The normalized spacial score (nSPS) is 18.5. The number of methoxy groups -OCH3 is 1. The summed E-state index contributed by atoms with van der Waals surface area (Å²) in [4.78, 5) is 15.0. The topological polar surface area (TPSA) is 49.8 Å². The van der Waals surface area contributed by atoms with Crippen LogP contribution in [0.25, 0.3) is 0 Å². The van der Waals surface area contributed by atoms with Crippen LogP contribution in [0.3, 0.4) is 0 Å². The second kappa shape index (κ2) is 6.72. The van der Waals surface area contributed by atoms with Crippen molar-refractivity contribution in [2.45, 2.75) is 12.1 Å². The Balaban J connectivity index is 1.85. The van der Waals surface area contributed by atoms with Crippen LogP contribution in [0.5, 0.6) is 5.75 Å². The quantitative estimate of drug-likeness (QED) is 0.741. The van der Waals surface area contributed by atoms with Crippen LogP contribution in [0.15, 0.2) is 72.8 Å². The van der Waals surface area contributed by atoms with Crippen molar-refractivity contribution in [1.29, 1.82) is 0 Å². The van der Waals surface area contributed by atoms with Gasteiger partial charge in [0.15, 0.2) is 5.60 Å². The van der Waals surface area contributed by atoms with E-state index in [1.54, 1.807) is 54.5 Å². The van der Waals surface area contributed by atoms with Gasteiger partial charge in [0, 0.05) is 16.7 Å². The molecule has 1 unspecified atom stereocenters. The first-order chi connectivity index (χ1) is 13.0. The van der Waals surface area contributed by atoms with Gasteiger partial charge in [-0.2, -0.15) is 0 Å². The summed E-state index contributed by atoms with van der Waals surface area (Å²) in [5.74, 6) is 0.233. The van der Waals surface area contributed by atoms with E-state index in [1.165, 1.54) is 0 Å². The molecule has 4 rings (SSSR count). The Hall–Kier alpha value is -2.82. The van der Waals surface area contributed by atoms with Crippen molar-refractivity contribution in [3.8, 4) is 5.75 Å². The summed E-state index contributed by atoms with van der Waals surface area (Å²) in [5, 5.41) is 12.1. The molecule has 1 amide bonds. The minimum absolute atomic E-state index is 0.357. The molecule has 0 spiro atoms. The maximum atomic E-state index is 13.4. The molecule has 3 aromatic rings. The van der Waals surface area contributed by atoms with Gasteiger partial charge in [-0.1, -0.05) is 54.1 Å². The summed E-state index contributed by atoms with van der Waals surface area (Å²) in [6.45, 7) is 0.357. The van der Waals surface area contributed by atoms with E-state index in [0.29, 0.717) is 34.1 Å². The zero-order valence-electron chi connectivity index (χ0n) is 14.7. The minimum Gasteiger partial charge on any atom is -0.497 e. The highest BCUT2D eigenvalue weighted by molar-refractivity contribution is 6.30. The lowest BCUT2D eigenvalue weighted by atomic mass is 9.87. The van der Waals surface area contributed by atoms with Crippen LogP contribution in [0.2, 0.25) is 5.02 Å². The third kappa shape index (κ3) is 2.87. The average molecular weight is 380 g/mol. The van der Waals surface area contributed by atoms with E-state index in [2.05, 4.69) is 0 Å². The van der Waals surface area contributed by atoms with Gasteiger partial charge in [-0.25, -0.2) is 0 Å². The smallest absolute Gasteiger partial charge is 0.268 e. The third-order valence-electron chi connectivity index (χ3n) is 4.89. The molecule has 0 saturated carbocycles. The number of carbonyl (C=O) groups is 1. The number of hydrogen-bond acceptors (Lipinski definition) is 3. The molecule has 0 bridgehead atoms. The maximum Gasteiger partial charge on any atom is 0.268 e. The van der Waals surface area contributed by atoms with Crippen molar-refractivity contribution in [2.24, 2.45) is 0 Å². The van der Waals surface area contributed by atoms with Gasteiger partial charge in [-0.15, -0.1) is 0 Å². The molecule has 0 aromatic heterocycles. The molecule has 136 valence electrons. The molecule has 0 saturated heterocycles. The average Bonchev–Trinajstić information content (AvgIpc) is 2.91. The van der Waals surface area contributed by atoms with Crippen molar-refractivity contribution < 1.29 is 14.6 Å². The summed E-state index contributed by atoms with van der Waals surface area (Å²) in [5.41, 5.74) is 0.868. The van der Waals surface area contributed by atoms with Crippen LogP contribution in [0.1, 0.15) is 16.7 Å². The van der Waals surface area contributed by atoms with Gasteiger partial charge in [0.25, 0.3) is 5.91 Å². The van der Waals surface area contributed by atoms with Crippen LogP contribution >= 0.6 is 11.6 Å². The first-order valence-electron chi connectivity index (χ1n) is 8.57. The molecular formula is C22H18ClNO3. The van der Waals surface area contributed by atoms with Gasteiger partial charge in [0.1, 0.15) is 5.75 Å². The van der Waals surface area contributed by atoms with Crippen LogP contribution in [0, 0.1) is 0 Å². The molecule has 1 heterocycles. The van der Waals surface area contributed by atoms with Crippen molar-refractivity contribution >= 4 is 23.2 Å². The molecule has 4 nitrogen and oxygen atoms in total. The van der Waals surface area contributed by atoms with Gasteiger partial charge < -0.3 is 14.7 Å². The Morgan fingerprint density at radius 3 is 2.41 bits per heavy atom. The van der Waals surface area contributed by atoms with Gasteiger partial charge in [-0.05, 0) is 35.4 Å². The first kappa shape index (κ1) is 17.6. The lowest BCUT2D eigenvalue weighted by Gasteiger charge is -2.24. The van der Waals surface area contributed by atoms with Gasteiger partial charge in [0.05, 0.1) is 19.3 Å². The lowest BCUT2D eigenvalue weighted by molar-refractivity contribution is -0.132. The van der Waals surface area contributed by atoms with Crippen molar-refractivity contribution in [3.63, 3.8) is 0 Å². The predicted molar refractivity (Wildman–Crippen MR) is 105 cm³/mol. The summed E-state index contributed by atoms with van der Waals surface area (Å²) in [7, 11) is 1.57. The minimum atomic E-state index is -1.76. The first-order valence-corrected chi connectivity index (χ1v) is 8.94. The SMILES string of the molecule is COc1ccc2c(c1)N(Cc1ccccc1)C(=O)C2(O)c1ccc(Cl)cc1. The van der Waals surface area contributed by atoms with E-state index < -0.39 is 11.5 Å². The number of halogens is 1. The molecule has 27 heavy (non-hydrogen) atoms. The molecule has 1 aliphatic rings. The fourth-order valence-corrected chi connectivity index (χ4v) is 3.61. The number of amides is 1. The molecule has 5 heteroatoms. The highest BCUT2D eigenvalue weighted by Crippen LogP contribution is 2.46. The predicted octanol–water partition coefficient (Wildman–Crippen LogP) is 4.13. The van der Waals surface area contributed by atoms with E-state index in [-0.39, 0.29) is 0 Å². The summed E-state index contributed by atoms with van der Waals surface area (Å²) in [6.07, 6.45) is 0. The molecule has 0 aliphatic carbocycles. The molecule has 1 N–H and O–H groups in total. The molecule has 1 aliphatic heterocycles. The standard InChI is InChI=1S/C22H18ClNO3/c1-27-18-11-12-19-20(13-18)24(14-15-5-3-2-4-6-15)21(25)22(19,26)16-7-9-17(23)10-8-16/h2-13,26H,14H2,1H3. The highest BCUT2D eigenvalue weighted by Gasteiger charge is 2.51. The molecule has 0 fully saturated rings. The number of rotatable bonds is 4. The summed E-state index contributed by atoms with van der Waals surface area (Å²) in [6, 6.07) is 21.7. The Morgan fingerprint density at radius 2 is 1.74 bits per heavy atom. The number of carbonyl (C=O) groups excluding carboxylic acids is 1. The van der Waals surface area contributed by atoms with Crippen molar-refractivity contribution in [2.75, 3.05) is 12.0 Å². The van der Waals surface area contributed by atoms with E-state index in [1.807, 2.05) is 30.3 Å². The monoisotopic (exact) mass is 379 g/mol. The van der Waals surface area contributed by atoms with Gasteiger partial charge in [0.2, 0.25) is 0 Å². The number of hydrogen-bond donors (Lipinski definition) is 1. The number of ether oxygens (including phenoxy) is 1. The van der Waals surface area contributed by atoms with Crippen LogP contribution in [-0.4, -0.2) is 18.1 Å². The van der Waals surface area contributed by atoms with Crippen LogP contribution < -0.4 is 9.64 Å². The Bertz CT molecular complexity index is 988. The zero-order chi connectivity index (χ0) is 19.0. The zero-order valence-corrected chi connectivity index (χ0v) is 15.5. The molecule has 1 atom stereocenters. The summed E-state index contributed by atoms with van der Waals surface area (Å²) < 4.78 is 5.33. The van der Waals surface area contributed by atoms with Gasteiger partial charge in [-0.3, -0.25) is 4.79 Å². The lowest BCUT2D eigenvalue weighted by Crippen LogP contribution is -2.40.